The van der Waals surface area contributed by atoms with Crippen molar-refractivity contribution in [2.24, 2.45) is 0 Å². The average Bonchev–Trinajstić information content (AvgIpc) is 2.45. The van der Waals surface area contributed by atoms with Gasteiger partial charge in [0.1, 0.15) is 18.2 Å². The van der Waals surface area contributed by atoms with E-state index < -0.39 is 0 Å². The summed E-state index contributed by atoms with van der Waals surface area (Å²) in [7, 11) is 0. The molecule has 2 aromatic carbocycles. The molecule has 2 rings (SSSR count). The van der Waals surface area contributed by atoms with Crippen molar-refractivity contribution in [2.75, 3.05) is 13.2 Å². The molecule has 3 nitrogen and oxygen atoms in total. The zero-order valence-corrected chi connectivity index (χ0v) is 14.0. The minimum Gasteiger partial charge on any atom is -0.491 e. The summed E-state index contributed by atoms with van der Waals surface area (Å²) in [5, 5.41) is 2.74. The van der Waals surface area contributed by atoms with E-state index in [1.165, 1.54) is 23.8 Å². The first-order valence-corrected chi connectivity index (χ1v) is 7.70. The van der Waals surface area contributed by atoms with Crippen LogP contribution in [0.15, 0.2) is 40.9 Å². The van der Waals surface area contributed by atoms with Gasteiger partial charge in [0.15, 0.2) is 0 Å². The third-order valence-corrected chi connectivity index (χ3v) is 3.81. The second kappa shape index (κ2) is 7.40. The number of rotatable bonds is 5. The van der Waals surface area contributed by atoms with Crippen LogP contribution in [0, 0.1) is 19.7 Å². The average molecular weight is 366 g/mol. The molecule has 1 amide bonds. The zero-order valence-electron chi connectivity index (χ0n) is 12.5. The lowest BCUT2D eigenvalue weighted by Crippen LogP contribution is -2.28. The molecular weight excluding hydrogens is 349 g/mol. The summed E-state index contributed by atoms with van der Waals surface area (Å²) in [5.74, 6) is 0.153. The van der Waals surface area contributed by atoms with Gasteiger partial charge in [-0.1, -0.05) is 17.7 Å². The summed E-state index contributed by atoms with van der Waals surface area (Å²) in [6, 6.07) is 9.91. The van der Waals surface area contributed by atoms with Gasteiger partial charge >= 0.3 is 0 Å². The van der Waals surface area contributed by atoms with Crippen LogP contribution in [0.1, 0.15) is 21.5 Å². The van der Waals surface area contributed by atoms with Crippen LogP contribution >= 0.6 is 15.9 Å². The standard InChI is InChI=1S/C17H17BrFNO2/c1-11-3-6-16(12(2)9-11)22-8-7-20-17(21)14-5-4-13(19)10-15(14)18/h3-6,9-10H,7-8H2,1-2H3,(H,20,21). The van der Waals surface area contributed by atoms with Crippen molar-refractivity contribution in [3.8, 4) is 5.75 Å². The highest BCUT2D eigenvalue weighted by Crippen LogP contribution is 2.19. The van der Waals surface area contributed by atoms with Crippen molar-refractivity contribution in [1.82, 2.24) is 5.32 Å². The molecule has 2 aromatic rings. The molecule has 0 heterocycles. The third kappa shape index (κ3) is 4.31. The Hall–Kier alpha value is -1.88. The van der Waals surface area contributed by atoms with E-state index in [1.54, 1.807) is 0 Å². The molecular formula is C17H17BrFNO2. The van der Waals surface area contributed by atoms with Crippen molar-refractivity contribution in [3.05, 3.63) is 63.4 Å². The molecule has 0 spiro atoms. The Bertz CT molecular complexity index is 688. The first-order valence-electron chi connectivity index (χ1n) is 6.90. The molecule has 22 heavy (non-hydrogen) atoms. The second-order valence-corrected chi connectivity index (χ2v) is 5.85. The van der Waals surface area contributed by atoms with Crippen molar-refractivity contribution < 1.29 is 13.9 Å². The molecule has 0 aliphatic carbocycles. The van der Waals surface area contributed by atoms with E-state index in [4.69, 9.17) is 4.74 Å². The predicted octanol–water partition coefficient (Wildman–Crippen LogP) is 4.01. The molecule has 116 valence electrons. The van der Waals surface area contributed by atoms with E-state index in [0.717, 1.165) is 11.3 Å². The number of hydrogen-bond donors (Lipinski definition) is 1. The molecule has 0 radical (unpaired) electrons. The number of ether oxygens (including phenoxy) is 1. The number of benzene rings is 2. The summed E-state index contributed by atoms with van der Waals surface area (Å²) in [5.41, 5.74) is 2.64. The Morgan fingerprint density at radius 1 is 1.23 bits per heavy atom. The normalized spacial score (nSPS) is 10.4. The quantitative estimate of drug-likeness (QED) is 0.812. The summed E-state index contributed by atoms with van der Waals surface area (Å²) in [6.45, 7) is 4.75. The first-order chi connectivity index (χ1) is 10.5. The van der Waals surface area contributed by atoms with Crippen LogP contribution in [0.3, 0.4) is 0 Å². The van der Waals surface area contributed by atoms with E-state index in [1.807, 2.05) is 32.0 Å². The van der Waals surface area contributed by atoms with Gasteiger partial charge in [-0.25, -0.2) is 4.39 Å². The van der Waals surface area contributed by atoms with E-state index in [9.17, 15) is 9.18 Å². The number of nitrogens with one attached hydrogen (secondary N) is 1. The van der Waals surface area contributed by atoms with Crippen LogP contribution in [-0.4, -0.2) is 19.1 Å². The predicted molar refractivity (Wildman–Crippen MR) is 87.8 cm³/mol. The summed E-state index contributed by atoms with van der Waals surface area (Å²) in [4.78, 5) is 12.0. The van der Waals surface area contributed by atoms with Crippen molar-refractivity contribution in [1.29, 1.82) is 0 Å². The van der Waals surface area contributed by atoms with E-state index in [-0.39, 0.29) is 11.7 Å². The number of amides is 1. The summed E-state index contributed by atoms with van der Waals surface area (Å²) in [6.07, 6.45) is 0. The molecule has 0 aliphatic heterocycles. The van der Waals surface area contributed by atoms with E-state index >= 15 is 0 Å². The molecule has 5 heteroatoms. The first kappa shape index (κ1) is 16.5. The van der Waals surface area contributed by atoms with Crippen LogP contribution in [0.25, 0.3) is 0 Å². The molecule has 0 saturated carbocycles. The number of carbonyl (C=O) groups is 1. The zero-order chi connectivity index (χ0) is 16.1. The molecule has 0 atom stereocenters. The molecule has 1 N–H and O–H groups in total. The van der Waals surface area contributed by atoms with Crippen LogP contribution in [0.2, 0.25) is 0 Å². The lowest BCUT2D eigenvalue weighted by molar-refractivity contribution is 0.0946. The Kier molecular flexibility index (Phi) is 5.55. The van der Waals surface area contributed by atoms with E-state index in [2.05, 4.69) is 21.2 Å². The van der Waals surface area contributed by atoms with Crippen LogP contribution in [0.5, 0.6) is 5.75 Å². The maximum Gasteiger partial charge on any atom is 0.252 e. The Balaban J connectivity index is 1.84. The molecule has 0 unspecified atom stereocenters. The minimum absolute atomic E-state index is 0.267. The second-order valence-electron chi connectivity index (χ2n) is 5.00. The van der Waals surface area contributed by atoms with Gasteiger partial charge in [0.05, 0.1) is 12.1 Å². The van der Waals surface area contributed by atoms with Crippen LogP contribution < -0.4 is 10.1 Å². The van der Waals surface area contributed by atoms with Crippen LogP contribution in [0.4, 0.5) is 4.39 Å². The van der Waals surface area contributed by atoms with Crippen molar-refractivity contribution in [2.45, 2.75) is 13.8 Å². The molecule has 0 aromatic heterocycles. The molecule has 0 aliphatic rings. The smallest absolute Gasteiger partial charge is 0.252 e. The van der Waals surface area contributed by atoms with Gasteiger partial charge in [0, 0.05) is 4.47 Å². The van der Waals surface area contributed by atoms with Gasteiger partial charge < -0.3 is 10.1 Å². The number of aryl methyl sites for hydroxylation is 2. The molecule has 0 bridgehead atoms. The fraction of sp³-hybridized carbons (Fsp3) is 0.235. The highest BCUT2D eigenvalue weighted by molar-refractivity contribution is 9.10. The summed E-state index contributed by atoms with van der Waals surface area (Å²) < 4.78 is 19.1. The number of halogens is 2. The van der Waals surface area contributed by atoms with Gasteiger partial charge in [0.25, 0.3) is 5.91 Å². The Morgan fingerprint density at radius 2 is 2.00 bits per heavy atom. The van der Waals surface area contributed by atoms with Crippen molar-refractivity contribution in [3.63, 3.8) is 0 Å². The highest BCUT2D eigenvalue weighted by Gasteiger charge is 2.10. The van der Waals surface area contributed by atoms with Gasteiger partial charge in [-0.05, 0) is 59.6 Å². The lowest BCUT2D eigenvalue weighted by Gasteiger charge is -2.11. The maximum absolute atomic E-state index is 13.0. The van der Waals surface area contributed by atoms with Crippen LogP contribution in [-0.2, 0) is 0 Å². The van der Waals surface area contributed by atoms with Gasteiger partial charge in [-0.3, -0.25) is 4.79 Å². The van der Waals surface area contributed by atoms with Gasteiger partial charge in [-0.2, -0.15) is 0 Å². The van der Waals surface area contributed by atoms with E-state index in [0.29, 0.717) is 23.2 Å². The minimum atomic E-state index is -0.387. The molecule has 0 saturated heterocycles. The Morgan fingerprint density at radius 3 is 2.68 bits per heavy atom. The van der Waals surface area contributed by atoms with Gasteiger partial charge in [-0.15, -0.1) is 0 Å². The fourth-order valence-corrected chi connectivity index (χ4v) is 2.59. The van der Waals surface area contributed by atoms with Crippen molar-refractivity contribution >= 4 is 21.8 Å². The highest BCUT2D eigenvalue weighted by atomic mass is 79.9. The number of carbonyl (C=O) groups excluding carboxylic acids is 1. The number of hydrogen-bond acceptors (Lipinski definition) is 2. The SMILES string of the molecule is Cc1ccc(OCCNC(=O)c2ccc(F)cc2Br)c(C)c1. The fourth-order valence-electron chi connectivity index (χ4n) is 2.06. The lowest BCUT2D eigenvalue weighted by atomic mass is 10.1. The monoisotopic (exact) mass is 365 g/mol. The van der Waals surface area contributed by atoms with Gasteiger partial charge in [0.2, 0.25) is 0 Å². The topological polar surface area (TPSA) is 38.3 Å². The Labute approximate surface area is 137 Å². The summed E-state index contributed by atoms with van der Waals surface area (Å²) >= 11 is 3.18. The maximum atomic E-state index is 13.0. The largest absolute Gasteiger partial charge is 0.491 e. The third-order valence-electron chi connectivity index (χ3n) is 3.15. The molecule has 0 fully saturated rings.